The third kappa shape index (κ3) is 2.95. The van der Waals surface area contributed by atoms with Crippen LogP contribution in [0.4, 0.5) is 0 Å². The number of pyridine rings is 1. The number of hydrogen-bond acceptors (Lipinski definition) is 3. The summed E-state index contributed by atoms with van der Waals surface area (Å²) in [6, 6.07) is 1.92. The topological polar surface area (TPSA) is 78.9 Å². The number of carboxylic acids is 1. The van der Waals surface area contributed by atoms with Crippen molar-refractivity contribution < 1.29 is 9.90 Å². The largest absolute Gasteiger partial charge is 0.481 e. The number of halogens is 1. The Bertz CT molecular complexity index is 660. The minimum absolute atomic E-state index is 0.455. The molecule has 2 aromatic rings. The van der Waals surface area contributed by atoms with Crippen molar-refractivity contribution in [3.8, 4) is 0 Å². The van der Waals surface area contributed by atoms with Crippen LogP contribution in [0.15, 0.2) is 16.7 Å². The number of aromatic nitrogens is 3. The van der Waals surface area contributed by atoms with Crippen molar-refractivity contribution in [1.82, 2.24) is 15.0 Å². The normalized spacial score (nSPS) is 18.5. The Morgan fingerprint density at radius 3 is 2.71 bits per heavy atom. The van der Waals surface area contributed by atoms with Crippen molar-refractivity contribution in [3.63, 3.8) is 0 Å². The molecule has 21 heavy (non-hydrogen) atoms. The molecule has 3 rings (SSSR count). The van der Waals surface area contributed by atoms with Gasteiger partial charge in [0, 0.05) is 17.1 Å². The Balaban J connectivity index is 1.91. The molecule has 1 saturated carbocycles. The van der Waals surface area contributed by atoms with Gasteiger partial charge in [0.05, 0.1) is 10.9 Å². The van der Waals surface area contributed by atoms with Gasteiger partial charge in [0.1, 0.15) is 5.82 Å². The molecule has 1 aliphatic rings. The molecule has 2 N–H and O–H groups in total. The lowest BCUT2D eigenvalue weighted by Crippen LogP contribution is -2.33. The molecule has 0 spiro atoms. The van der Waals surface area contributed by atoms with Crippen LogP contribution in [0.5, 0.6) is 0 Å². The second kappa shape index (κ2) is 5.75. The first-order valence-corrected chi connectivity index (χ1v) is 8.12. The van der Waals surface area contributed by atoms with Crippen LogP contribution in [0.25, 0.3) is 11.2 Å². The molecule has 6 heteroatoms. The van der Waals surface area contributed by atoms with E-state index in [0.717, 1.165) is 54.3 Å². The molecular formula is C15H18BrN3O2. The van der Waals surface area contributed by atoms with Crippen molar-refractivity contribution in [2.75, 3.05) is 0 Å². The summed E-state index contributed by atoms with van der Waals surface area (Å²) in [5.41, 5.74) is 0.803. The fourth-order valence-electron chi connectivity index (χ4n) is 3.20. The van der Waals surface area contributed by atoms with Gasteiger partial charge in [-0.2, -0.15) is 0 Å². The number of imidazole rings is 1. The first-order valence-electron chi connectivity index (χ1n) is 7.33. The highest BCUT2D eigenvalue weighted by molar-refractivity contribution is 9.10. The van der Waals surface area contributed by atoms with Gasteiger partial charge in [-0.05, 0) is 34.8 Å². The highest BCUT2D eigenvalue weighted by Crippen LogP contribution is 2.38. The van der Waals surface area contributed by atoms with Crippen LogP contribution in [0, 0.1) is 5.41 Å². The molecule has 0 atom stereocenters. The first-order chi connectivity index (χ1) is 10.1. The summed E-state index contributed by atoms with van der Waals surface area (Å²) in [6.45, 7) is 0. The molecule has 0 aromatic carbocycles. The first kappa shape index (κ1) is 14.5. The summed E-state index contributed by atoms with van der Waals surface area (Å²) in [7, 11) is 0. The van der Waals surface area contributed by atoms with Crippen molar-refractivity contribution in [3.05, 3.63) is 22.6 Å². The third-order valence-electron chi connectivity index (χ3n) is 4.37. The van der Waals surface area contributed by atoms with Gasteiger partial charge in [-0.25, -0.2) is 9.97 Å². The summed E-state index contributed by atoms with van der Waals surface area (Å²) in [5, 5.41) is 9.73. The predicted octanol–water partition coefficient (Wildman–Crippen LogP) is 3.69. The van der Waals surface area contributed by atoms with E-state index >= 15 is 0 Å². The third-order valence-corrected chi connectivity index (χ3v) is 4.81. The molecule has 0 unspecified atom stereocenters. The maximum atomic E-state index is 11.8. The number of fused-ring (bicyclic) bond motifs is 1. The molecule has 1 aliphatic carbocycles. The molecule has 0 amide bonds. The molecule has 2 heterocycles. The van der Waals surface area contributed by atoms with Gasteiger partial charge in [-0.3, -0.25) is 4.79 Å². The highest BCUT2D eigenvalue weighted by Gasteiger charge is 2.39. The van der Waals surface area contributed by atoms with Crippen LogP contribution >= 0.6 is 15.9 Å². The van der Waals surface area contributed by atoms with Gasteiger partial charge < -0.3 is 10.1 Å². The van der Waals surface area contributed by atoms with Gasteiger partial charge in [0.25, 0.3) is 0 Å². The average Bonchev–Trinajstić information content (AvgIpc) is 2.67. The van der Waals surface area contributed by atoms with Crippen molar-refractivity contribution in [2.45, 2.75) is 44.9 Å². The molecule has 0 bridgehead atoms. The molecule has 1 fully saturated rings. The number of carboxylic acid groups (broad SMARTS) is 1. The number of H-pyrrole nitrogens is 1. The average molecular weight is 352 g/mol. The molecule has 0 aliphatic heterocycles. The van der Waals surface area contributed by atoms with Crippen LogP contribution in [0.1, 0.15) is 44.3 Å². The SMILES string of the molecule is O=C(O)C1(Cc2nc3ncc(Br)cc3[nH]2)CCCCCC1. The number of aromatic amines is 1. The Hall–Kier alpha value is -1.43. The van der Waals surface area contributed by atoms with E-state index in [2.05, 4.69) is 30.9 Å². The fourth-order valence-corrected chi connectivity index (χ4v) is 3.53. The molecular weight excluding hydrogens is 334 g/mol. The summed E-state index contributed by atoms with van der Waals surface area (Å²) in [6.07, 6.45) is 7.84. The van der Waals surface area contributed by atoms with Crippen LogP contribution in [0.2, 0.25) is 0 Å². The highest BCUT2D eigenvalue weighted by atomic mass is 79.9. The standard InChI is InChI=1S/C15H18BrN3O2/c16-10-7-11-13(17-9-10)19-12(18-11)8-15(14(20)21)5-3-1-2-4-6-15/h7,9H,1-6,8H2,(H,20,21)(H,17,18,19). The van der Waals surface area contributed by atoms with E-state index in [1.807, 2.05) is 6.07 Å². The zero-order chi connectivity index (χ0) is 14.9. The molecule has 0 saturated heterocycles. The fraction of sp³-hybridized carbons (Fsp3) is 0.533. The van der Waals surface area contributed by atoms with Gasteiger partial charge in [0.2, 0.25) is 0 Å². The maximum absolute atomic E-state index is 11.8. The number of nitrogens with one attached hydrogen (secondary N) is 1. The van der Waals surface area contributed by atoms with Gasteiger partial charge in [0.15, 0.2) is 5.65 Å². The lowest BCUT2D eigenvalue weighted by atomic mass is 9.77. The summed E-state index contributed by atoms with van der Waals surface area (Å²) in [5.74, 6) is 0.0268. The van der Waals surface area contributed by atoms with Gasteiger partial charge in [-0.1, -0.05) is 25.7 Å². The van der Waals surface area contributed by atoms with Crippen LogP contribution in [-0.2, 0) is 11.2 Å². The quantitative estimate of drug-likeness (QED) is 0.826. The van der Waals surface area contributed by atoms with E-state index in [1.165, 1.54) is 0 Å². The van der Waals surface area contributed by atoms with E-state index < -0.39 is 11.4 Å². The van der Waals surface area contributed by atoms with Crippen LogP contribution in [-0.4, -0.2) is 26.0 Å². The summed E-state index contributed by atoms with van der Waals surface area (Å²) >= 11 is 3.38. The summed E-state index contributed by atoms with van der Waals surface area (Å²) in [4.78, 5) is 23.8. The van der Waals surface area contributed by atoms with Crippen molar-refractivity contribution in [1.29, 1.82) is 0 Å². The van der Waals surface area contributed by atoms with E-state index in [9.17, 15) is 9.90 Å². The Kier molecular flexibility index (Phi) is 3.97. The smallest absolute Gasteiger partial charge is 0.310 e. The Morgan fingerprint density at radius 2 is 2.05 bits per heavy atom. The predicted molar refractivity (Wildman–Crippen MR) is 83.1 cm³/mol. The number of hydrogen-bond donors (Lipinski definition) is 2. The van der Waals surface area contributed by atoms with E-state index in [-0.39, 0.29) is 0 Å². The lowest BCUT2D eigenvalue weighted by molar-refractivity contribution is -0.150. The monoisotopic (exact) mass is 351 g/mol. The Morgan fingerprint density at radius 1 is 1.33 bits per heavy atom. The van der Waals surface area contributed by atoms with Crippen molar-refractivity contribution in [2.24, 2.45) is 5.41 Å². The van der Waals surface area contributed by atoms with Crippen LogP contribution < -0.4 is 0 Å². The minimum Gasteiger partial charge on any atom is -0.481 e. The van der Waals surface area contributed by atoms with Crippen molar-refractivity contribution >= 4 is 33.1 Å². The summed E-state index contributed by atoms with van der Waals surface area (Å²) < 4.78 is 0.882. The maximum Gasteiger partial charge on any atom is 0.310 e. The number of carbonyl (C=O) groups is 1. The van der Waals surface area contributed by atoms with Gasteiger partial charge in [-0.15, -0.1) is 0 Å². The second-order valence-electron chi connectivity index (χ2n) is 5.88. The number of nitrogens with zero attached hydrogens (tertiary/aromatic N) is 2. The van der Waals surface area contributed by atoms with E-state index in [4.69, 9.17) is 0 Å². The van der Waals surface area contributed by atoms with E-state index in [1.54, 1.807) is 6.20 Å². The molecule has 5 nitrogen and oxygen atoms in total. The molecule has 2 aromatic heterocycles. The zero-order valence-electron chi connectivity index (χ0n) is 11.7. The van der Waals surface area contributed by atoms with Gasteiger partial charge >= 0.3 is 5.97 Å². The molecule has 0 radical (unpaired) electrons. The minimum atomic E-state index is -0.695. The molecule has 112 valence electrons. The number of aliphatic carboxylic acids is 1. The number of rotatable bonds is 3. The second-order valence-corrected chi connectivity index (χ2v) is 6.80. The zero-order valence-corrected chi connectivity index (χ0v) is 13.3. The Labute approximate surface area is 131 Å². The lowest BCUT2D eigenvalue weighted by Gasteiger charge is -2.26. The van der Waals surface area contributed by atoms with Crippen LogP contribution in [0.3, 0.4) is 0 Å². The van der Waals surface area contributed by atoms with E-state index in [0.29, 0.717) is 12.1 Å².